The zero-order valence-corrected chi connectivity index (χ0v) is 12.1. The number of β-amino-alcohol motifs (C(OH)–C–C–N with tert-alkyl or cyclic N) is 1. The minimum Gasteiger partial charge on any atom is -0.391 e. The van der Waals surface area contributed by atoms with Crippen LogP contribution in [0.5, 0.6) is 0 Å². The lowest BCUT2D eigenvalue weighted by Gasteiger charge is -2.14. The highest BCUT2D eigenvalue weighted by atomic mass is 79.9. The fraction of sp³-hybridized carbons (Fsp3) is 0.700. The molecule has 0 aromatic carbocycles. The highest BCUT2D eigenvalue weighted by Crippen LogP contribution is 2.15. The van der Waals surface area contributed by atoms with Crippen LogP contribution < -0.4 is 10.6 Å². The molecule has 0 radical (unpaired) electrons. The number of nitrogens with zero attached hydrogens (tertiary/aromatic N) is 2. The largest absolute Gasteiger partial charge is 0.391 e. The van der Waals surface area contributed by atoms with E-state index in [0.29, 0.717) is 12.5 Å². The number of hydrogen-bond donors (Lipinski definition) is 3. The van der Waals surface area contributed by atoms with Gasteiger partial charge in [0.05, 0.1) is 22.5 Å². The van der Waals surface area contributed by atoms with Gasteiger partial charge in [0.1, 0.15) is 0 Å². The molecule has 2 atom stereocenters. The lowest BCUT2D eigenvalue weighted by Crippen LogP contribution is -2.30. The van der Waals surface area contributed by atoms with Crippen LogP contribution in [0.15, 0.2) is 10.7 Å². The first kappa shape index (κ1) is 14.9. The fourth-order valence-corrected chi connectivity index (χ4v) is 2.43. The van der Waals surface area contributed by atoms with E-state index in [9.17, 15) is 5.11 Å². The summed E-state index contributed by atoms with van der Waals surface area (Å²) >= 11 is 3.46. The molecular formula is C10H18BrClN4O. The first-order valence-electron chi connectivity index (χ1n) is 5.44. The Balaban J connectivity index is 0.00000144. The molecule has 1 aliphatic heterocycles. The van der Waals surface area contributed by atoms with E-state index in [1.165, 1.54) is 0 Å². The van der Waals surface area contributed by atoms with E-state index in [0.717, 1.165) is 29.8 Å². The van der Waals surface area contributed by atoms with Crippen LogP contribution in [0.2, 0.25) is 0 Å². The summed E-state index contributed by atoms with van der Waals surface area (Å²) < 4.78 is 2.87. The third-order valence-corrected chi connectivity index (χ3v) is 3.68. The number of rotatable bonds is 4. The smallest absolute Gasteiger partial charge is 0.0716 e. The Morgan fingerprint density at radius 3 is 2.94 bits per heavy atom. The summed E-state index contributed by atoms with van der Waals surface area (Å²) in [5, 5.41) is 20.3. The van der Waals surface area contributed by atoms with Gasteiger partial charge in [-0.1, -0.05) is 0 Å². The second-order valence-corrected chi connectivity index (χ2v) is 5.03. The van der Waals surface area contributed by atoms with Gasteiger partial charge >= 0.3 is 0 Å². The summed E-state index contributed by atoms with van der Waals surface area (Å²) in [7, 11) is 1.92. The Morgan fingerprint density at radius 1 is 1.65 bits per heavy atom. The summed E-state index contributed by atoms with van der Waals surface area (Å²) in [6.45, 7) is 3.19. The number of aryl methyl sites for hydroxylation is 1. The zero-order valence-electron chi connectivity index (χ0n) is 9.69. The number of aliphatic hydroxyl groups is 1. The molecule has 0 amide bonds. The summed E-state index contributed by atoms with van der Waals surface area (Å²) in [6.07, 6.45) is 1.57. The summed E-state index contributed by atoms with van der Waals surface area (Å²) in [4.78, 5) is 0. The highest BCUT2D eigenvalue weighted by molar-refractivity contribution is 9.10. The molecule has 1 aromatic rings. The first-order valence-corrected chi connectivity index (χ1v) is 6.23. The molecule has 0 aliphatic carbocycles. The van der Waals surface area contributed by atoms with Crippen molar-refractivity contribution in [3.05, 3.63) is 16.4 Å². The zero-order chi connectivity index (χ0) is 11.5. The van der Waals surface area contributed by atoms with Crippen LogP contribution >= 0.6 is 28.3 Å². The van der Waals surface area contributed by atoms with Crippen LogP contribution in [0.4, 0.5) is 0 Å². The number of hydrogen-bond acceptors (Lipinski definition) is 4. The van der Waals surface area contributed by atoms with Gasteiger partial charge in [-0.15, -0.1) is 12.4 Å². The first-order chi connectivity index (χ1) is 7.68. The molecule has 2 rings (SSSR count). The SMILES string of the molecule is Cl.Cn1ncc(Br)c1CNCC1CNCC1O. The van der Waals surface area contributed by atoms with Crippen LogP contribution in [-0.4, -0.2) is 40.6 Å². The number of halogens is 2. The van der Waals surface area contributed by atoms with Crippen LogP contribution in [0.25, 0.3) is 0 Å². The Morgan fingerprint density at radius 2 is 2.41 bits per heavy atom. The van der Waals surface area contributed by atoms with Crippen LogP contribution in [0, 0.1) is 5.92 Å². The predicted octanol–water partition coefficient (Wildman–Crippen LogP) is 0.274. The lowest BCUT2D eigenvalue weighted by atomic mass is 10.1. The molecule has 1 saturated heterocycles. The molecule has 3 N–H and O–H groups in total. The normalized spacial score (nSPS) is 23.7. The molecule has 17 heavy (non-hydrogen) atoms. The van der Waals surface area contributed by atoms with Crippen molar-refractivity contribution in [3.63, 3.8) is 0 Å². The third-order valence-electron chi connectivity index (χ3n) is 3.01. The van der Waals surface area contributed by atoms with Crippen molar-refractivity contribution in [1.82, 2.24) is 20.4 Å². The average molecular weight is 326 g/mol. The number of aromatic nitrogens is 2. The van der Waals surface area contributed by atoms with Gasteiger partial charge in [-0.05, 0) is 15.9 Å². The van der Waals surface area contributed by atoms with Gasteiger partial charge in [0, 0.05) is 39.1 Å². The molecular weight excluding hydrogens is 307 g/mol. The van der Waals surface area contributed by atoms with Crippen molar-refractivity contribution in [2.45, 2.75) is 12.6 Å². The molecule has 98 valence electrons. The van der Waals surface area contributed by atoms with Crippen molar-refractivity contribution in [1.29, 1.82) is 0 Å². The van der Waals surface area contributed by atoms with Crippen LogP contribution in [0.3, 0.4) is 0 Å². The van der Waals surface area contributed by atoms with Gasteiger partial charge in [0.15, 0.2) is 0 Å². The maximum Gasteiger partial charge on any atom is 0.0716 e. The Kier molecular flexibility index (Phi) is 5.88. The van der Waals surface area contributed by atoms with E-state index in [1.807, 2.05) is 11.7 Å². The summed E-state index contributed by atoms with van der Waals surface area (Å²) in [6, 6.07) is 0. The molecule has 0 saturated carbocycles. The van der Waals surface area contributed by atoms with E-state index in [4.69, 9.17) is 0 Å². The second-order valence-electron chi connectivity index (χ2n) is 4.18. The van der Waals surface area contributed by atoms with Crippen molar-refractivity contribution in [2.75, 3.05) is 19.6 Å². The fourth-order valence-electron chi connectivity index (χ4n) is 1.94. The molecule has 2 unspecified atom stereocenters. The van der Waals surface area contributed by atoms with E-state index in [2.05, 4.69) is 31.7 Å². The van der Waals surface area contributed by atoms with Crippen LogP contribution in [-0.2, 0) is 13.6 Å². The quantitative estimate of drug-likeness (QED) is 0.744. The van der Waals surface area contributed by atoms with E-state index in [-0.39, 0.29) is 18.5 Å². The highest BCUT2D eigenvalue weighted by Gasteiger charge is 2.24. The topological polar surface area (TPSA) is 62.1 Å². The molecule has 7 heteroatoms. The molecule has 2 heterocycles. The van der Waals surface area contributed by atoms with Crippen LogP contribution in [0.1, 0.15) is 5.69 Å². The number of nitrogens with one attached hydrogen (secondary N) is 2. The molecule has 0 spiro atoms. The second kappa shape index (κ2) is 6.70. The Labute approximate surface area is 116 Å². The summed E-state index contributed by atoms with van der Waals surface area (Å²) in [5.74, 6) is 0.312. The standard InChI is InChI=1S/C10H17BrN4O.ClH/c1-15-9(8(11)4-14-15)5-12-2-7-3-13-6-10(7)16;/h4,7,10,12-13,16H,2-3,5-6H2,1H3;1H. The number of aliphatic hydroxyl groups excluding tert-OH is 1. The monoisotopic (exact) mass is 324 g/mol. The van der Waals surface area contributed by atoms with E-state index >= 15 is 0 Å². The minimum absolute atomic E-state index is 0. The van der Waals surface area contributed by atoms with Gasteiger partial charge in [-0.2, -0.15) is 5.10 Å². The van der Waals surface area contributed by atoms with Gasteiger partial charge in [0.2, 0.25) is 0 Å². The van der Waals surface area contributed by atoms with E-state index in [1.54, 1.807) is 6.20 Å². The van der Waals surface area contributed by atoms with E-state index < -0.39 is 0 Å². The van der Waals surface area contributed by atoms with Gasteiger partial charge in [0.25, 0.3) is 0 Å². The molecule has 0 bridgehead atoms. The maximum absolute atomic E-state index is 9.63. The summed E-state index contributed by atoms with van der Waals surface area (Å²) in [5.41, 5.74) is 1.13. The predicted molar refractivity (Wildman–Crippen MR) is 72.2 cm³/mol. The molecule has 1 fully saturated rings. The Hall–Kier alpha value is -0.140. The molecule has 1 aromatic heterocycles. The molecule has 5 nitrogen and oxygen atoms in total. The lowest BCUT2D eigenvalue weighted by molar-refractivity contribution is 0.146. The maximum atomic E-state index is 9.63. The van der Waals surface area contributed by atoms with Gasteiger partial charge in [-0.3, -0.25) is 4.68 Å². The van der Waals surface area contributed by atoms with Crippen molar-refractivity contribution >= 4 is 28.3 Å². The average Bonchev–Trinajstić information content (AvgIpc) is 2.79. The van der Waals surface area contributed by atoms with Gasteiger partial charge in [-0.25, -0.2) is 0 Å². The van der Waals surface area contributed by atoms with Crippen molar-refractivity contribution < 1.29 is 5.11 Å². The third kappa shape index (κ3) is 3.66. The minimum atomic E-state index is -0.220. The van der Waals surface area contributed by atoms with Crippen molar-refractivity contribution in [3.8, 4) is 0 Å². The van der Waals surface area contributed by atoms with Crippen molar-refractivity contribution in [2.24, 2.45) is 13.0 Å². The molecule has 1 aliphatic rings. The Bertz CT molecular complexity index is 341. The van der Waals surface area contributed by atoms with Gasteiger partial charge < -0.3 is 15.7 Å².